The third-order valence-corrected chi connectivity index (χ3v) is 7.45. The number of halogens is 1. The van der Waals surface area contributed by atoms with Crippen molar-refractivity contribution in [3.63, 3.8) is 0 Å². The van der Waals surface area contributed by atoms with E-state index in [1.165, 1.54) is 18.0 Å². The third kappa shape index (κ3) is 4.03. The van der Waals surface area contributed by atoms with E-state index in [2.05, 4.69) is 15.0 Å². The van der Waals surface area contributed by atoms with Gasteiger partial charge < -0.3 is 0 Å². The molecule has 0 N–H and O–H groups in total. The van der Waals surface area contributed by atoms with Crippen LogP contribution in [0.1, 0.15) is 43.8 Å². The zero-order chi connectivity index (χ0) is 18.1. The van der Waals surface area contributed by atoms with Gasteiger partial charge in [-0.2, -0.15) is 4.31 Å². The van der Waals surface area contributed by atoms with E-state index < -0.39 is 10.0 Å². The number of aromatic nitrogens is 3. The first-order valence-corrected chi connectivity index (χ1v) is 11.3. The molecule has 0 unspecified atom stereocenters. The molecule has 2 fully saturated rings. The summed E-state index contributed by atoms with van der Waals surface area (Å²) >= 11 is 7.45. The first-order chi connectivity index (χ1) is 12.5. The van der Waals surface area contributed by atoms with Crippen LogP contribution in [0.25, 0.3) is 0 Å². The lowest BCUT2D eigenvalue weighted by Crippen LogP contribution is -2.35. The highest BCUT2D eigenvalue weighted by Crippen LogP contribution is 2.39. The summed E-state index contributed by atoms with van der Waals surface area (Å²) in [5.41, 5.74) is 0. The van der Waals surface area contributed by atoms with Crippen molar-refractivity contribution >= 4 is 33.4 Å². The monoisotopic (exact) mass is 410 g/mol. The Balaban J connectivity index is 1.51. The molecule has 1 saturated carbocycles. The highest BCUT2D eigenvalue weighted by atomic mass is 35.5. The van der Waals surface area contributed by atoms with Crippen LogP contribution in [0.2, 0.25) is 5.15 Å². The fraction of sp³-hybridized carbons (Fsp3) is 0.471. The number of piperidine rings is 1. The van der Waals surface area contributed by atoms with Gasteiger partial charge in [0.1, 0.15) is 25.9 Å². The van der Waals surface area contributed by atoms with Crippen LogP contribution in [-0.2, 0) is 10.0 Å². The summed E-state index contributed by atoms with van der Waals surface area (Å²) in [5, 5.41) is 1.83. The van der Waals surface area contributed by atoms with Gasteiger partial charge >= 0.3 is 0 Å². The van der Waals surface area contributed by atoms with Crippen molar-refractivity contribution in [2.45, 2.75) is 53.0 Å². The number of hydrogen-bond donors (Lipinski definition) is 0. The largest absolute Gasteiger partial charge is 0.248 e. The predicted octanol–water partition coefficient (Wildman–Crippen LogP) is 3.73. The van der Waals surface area contributed by atoms with Crippen LogP contribution < -0.4 is 0 Å². The van der Waals surface area contributed by atoms with Crippen molar-refractivity contribution in [3.8, 4) is 0 Å². The summed E-state index contributed by atoms with van der Waals surface area (Å²) in [6, 6.07) is 5.04. The molecule has 2 aliphatic rings. The molecule has 1 aliphatic heterocycles. The van der Waals surface area contributed by atoms with Gasteiger partial charge in [-0.25, -0.2) is 23.4 Å². The standard InChI is InChI=1S/C17H19ClN4O2S2/c18-14-10-16(21-17(20-14)12-4-5-12)25-15-7-6-13(11-19-15)26(23,24)22-8-2-1-3-9-22/h6-7,10-12H,1-5,8-9H2. The lowest BCUT2D eigenvalue weighted by molar-refractivity contribution is 0.346. The maximum atomic E-state index is 12.7. The fourth-order valence-electron chi connectivity index (χ4n) is 2.93. The molecule has 0 spiro atoms. The quantitative estimate of drug-likeness (QED) is 0.699. The van der Waals surface area contributed by atoms with Crippen LogP contribution in [0, 0.1) is 0 Å². The molecular formula is C17H19ClN4O2S2. The van der Waals surface area contributed by atoms with Gasteiger partial charge in [0.25, 0.3) is 0 Å². The van der Waals surface area contributed by atoms with Crippen molar-refractivity contribution in [1.82, 2.24) is 19.3 Å². The van der Waals surface area contributed by atoms with E-state index >= 15 is 0 Å². The Labute approximate surface area is 162 Å². The van der Waals surface area contributed by atoms with Crippen molar-refractivity contribution < 1.29 is 8.42 Å². The summed E-state index contributed by atoms with van der Waals surface area (Å²) in [7, 11) is -3.45. The van der Waals surface area contributed by atoms with Gasteiger partial charge in [-0.15, -0.1) is 0 Å². The predicted molar refractivity (Wildman–Crippen MR) is 100.0 cm³/mol. The molecule has 0 atom stereocenters. The summed E-state index contributed by atoms with van der Waals surface area (Å²) in [6.07, 6.45) is 6.55. The molecular weight excluding hydrogens is 392 g/mol. The number of rotatable bonds is 5. The van der Waals surface area contributed by atoms with E-state index in [9.17, 15) is 8.42 Å². The molecule has 2 aromatic rings. The Bertz CT molecular complexity index is 895. The highest BCUT2D eigenvalue weighted by Gasteiger charge is 2.28. The summed E-state index contributed by atoms with van der Waals surface area (Å²) in [4.78, 5) is 13.4. The van der Waals surface area contributed by atoms with Crippen molar-refractivity contribution in [1.29, 1.82) is 0 Å². The molecule has 0 aromatic carbocycles. The Morgan fingerprint density at radius 1 is 1.08 bits per heavy atom. The van der Waals surface area contributed by atoms with Crippen molar-refractivity contribution in [2.24, 2.45) is 0 Å². The summed E-state index contributed by atoms with van der Waals surface area (Å²) < 4.78 is 26.9. The molecule has 3 heterocycles. The Hall–Kier alpha value is -1.22. The lowest BCUT2D eigenvalue weighted by atomic mass is 10.2. The van der Waals surface area contributed by atoms with Crippen LogP contribution in [0.15, 0.2) is 39.3 Å². The molecule has 0 amide bonds. The van der Waals surface area contributed by atoms with Crippen molar-refractivity contribution in [2.75, 3.05) is 13.1 Å². The highest BCUT2D eigenvalue weighted by molar-refractivity contribution is 7.99. The van der Waals surface area contributed by atoms with Crippen molar-refractivity contribution in [3.05, 3.63) is 35.4 Å². The van der Waals surface area contributed by atoms with E-state index in [0.29, 0.717) is 29.2 Å². The van der Waals surface area contributed by atoms with E-state index in [0.717, 1.165) is 43.0 Å². The molecule has 6 nitrogen and oxygen atoms in total. The molecule has 2 aromatic heterocycles. The normalized spacial score (nSPS) is 18.8. The second-order valence-corrected chi connectivity index (χ2v) is 9.93. The van der Waals surface area contributed by atoms with Gasteiger partial charge in [-0.05, 0) is 49.6 Å². The Morgan fingerprint density at radius 3 is 2.50 bits per heavy atom. The van der Waals surface area contributed by atoms with Gasteiger partial charge in [0.05, 0.1) is 0 Å². The first kappa shape index (κ1) is 18.2. The zero-order valence-electron chi connectivity index (χ0n) is 14.1. The molecule has 0 bridgehead atoms. The average molecular weight is 411 g/mol. The zero-order valence-corrected chi connectivity index (χ0v) is 16.5. The molecule has 9 heteroatoms. The maximum Gasteiger partial charge on any atom is 0.244 e. The number of nitrogens with zero attached hydrogens (tertiary/aromatic N) is 4. The van der Waals surface area contributed by atoms with Crippen LogP contribution >= 0.6 is 23.4 Å². The second-order valence-electron chi connectivity index (χ2n) is 6.56. The minimum Gasteiger partial charge on any atom is -0.248 e. The molecule has 138 valence electrons. The number of hydrogen-bond acceptors (Lipinski definition) is 6. The van der Waals surface area contributed by atoms with E-state index in [4.69, 9.17) is 11.6 Å². The van der Waals surface area contributed by atoms with E-state index in [1.54, 1.807) is 22.5 Å². The first-order valence-electron chi connectivity index (χ1n) is 8.71. The van der Waals surface area contributed by atoms with E-state index in [-0.39, 0.29) is 4.90 Å². The smallest absolute Gasteiger partial charge is 0.244 e. The minimum atomic E-state index is -3.45. The Morgan fingerprint density at radius 2 is 1.85 bits per heavy atom. The van der Waals surface area contributed by atoms with Gasteiger partial charge in [0.2, 0.25) is 10.0 Å². The maximum absolute atomic E-state index is 12.7. The molecule has 0 radical (unpaired) electrons. The summed E-state index contributed by atoms with van der Waals surface area (Å²) in [6.45, 7) is 1.17. The van der Waals surface area contributed by atoms with Gasteiger partial charge in [0.15, 0.2) is 0 Å². The van der Waals surface area contributed by atoms with Gasteiger partial charge in [-0.1, -0.05) is 18.0 Å². The number of pyridine rings is 1. The molecule has 1 saturated heterocycles. The fourth-order valence-corrected chi connectivity index (χ4v) is 5.41. The minimum absolute atomic E-state index is 0.239. The Kier molecular flexibility index (Phi) is 5.18. The topological polar surface area (TPSA) is 76.0 Å². The molecule has 4 rings (SSSR count). The third-order valence-electron chi connectivity index (χ3n) is 4.50. The number of sulfonamides is 1. The van der Waals surface area contributed by atoms with Crippen LogP contribution in [0.5, 0.6) is 0 Å². The average Bonchev–Trinajstić information content (AvgIpc) is 3.48. The SMILES string of the molecule is O=S(=O)(c1ccc(Sc2cc(Cl)nc(C3CC3)n2)nc1)N1CCCCC1. The molecule has 26 heavy (non-hydrogen) atoms. The van der Waals surface area contributed by atoms with E-state index in [1.807, 2.05) is 0 Å². The summed E-state index contributed by atoms with van der Waals surface area (Å²) in [5.74, 6) is 1.20. The van der Waals surface area contributed by atoms with Crippen LogP contribution in [0.4, 0.5) is 0 Å². The van der Waals surface area contributed by atoms with Gasteiger partial charge in [0, 0.05) is 31.3 Å². The lowest BCUT2D eigenvalue weighted by Gasteiger charge is -2.25. The second kappa shape index (κ2) is 7.42. The van der Waals surface area contributed by atoms with Crippen LogP contribution in [0.3, 0.4) is 0 Å². The molecule has 1 aliphatic carbocycles. The van der Waals surface area contributed by atoms with Gasteiger partial charge in [-0.3, -0.25) is 0 Å². The van der Waals surface area contributed by atoms with Crippen LogP contribution in [-0.4, -0.2) is 40.8 Å².